The molecule has 3 rings (SSSR count). The topological polar surface area (TPSA) is 97.3 Å². The molecule has 3 N–H and O–H groups in total. The minimum Gasteiger partial charge on any atom is -0.409 e. The predicted octanol–water partition coefficient (Wildman–Crippen LogP) is 2.27. The third kappa shape index (κ3) is 2.77. The third-order valence-electron chi connectivity index (χ3n) is 2.85. The molecule has 7 heteroatoms. The highest BCUT2D eigenvalue weighted by Gasteiger charge is 2.07. The van der Waals surface area contributed by atoms with Crippen LogP contribution in [0.4, 0.5) is 0 Å². The summed E-state index contributed by atoms with van der Waals surface area (Å²) in [6.07, 6.45) is 3.09. The third-order valence-corrected chi connectivity index (χ3v) is 3.82. The van der Waals surface area contributed by atoms with E-state index in [0.717, 1.165) is 21.0 Å². The number of hydrogen-bond acceptors (Lipinski definition) is 6. The molecule has 2 aromatic heterocycles. The first-order chi connectivity index (χ1) is 10.3. The van der Waals surface area contributed by atoms with Crippen LogP contribution >= 0.6 is 11.8 Å². The van der Waals surface area contributed by atoms with E-state index in [1.165, 1.54) is 18.1 Å². The average Bonchev–Trinajstić information content (AvgIpc) is 2.55. The SMILES string of the molecule is N/C(=N\O)c1ccc(Sc2ncnc3ccccc23)nc1. The summed E-state index contributed by atoms with van der Waals surface area (Å²) in [5.41, 5.74) is 6.96. The van der Waals surface area contributed by atoms with Crippen LogP contribution in [0.3, 0.4) is 0 Å². The zero-order valence-electron chi connectivity index (χ0n) is 10.8. The van der Waals surface area contributed by atoms with E-state index in [1.54, 1.807) is 18.3 Å². The molecule has 104 valence electrons. The number of hydrogen-bond donors (Lipinski definition) is 2. The van der Waals surface area contributed by atoms with Gasteiger partial charge >= 0.3 is 0 Å². The average molecular weight is 297 g/mol. The summed E-state index contributed by atoms with van der Waals surface area (Å²) in [6, 6.07) is 11.3. The van der Waals surface area contributed by atoms with Crippen molar-refractivity contribution in [2.75, 3.05) is 0 Å². The van der Waals surface area contributed by atoms with E-state index < -0.39 is 0 Å². The molecular formula is C14H11N5OS. The fourth-order valence-electron chi connectivity index (χ4n) is 1.81. The Balaban J connectivity index is 1.92. The molecule has 0 aliphatic carbocycles. The van der Waals surface area contributed by atoms with Gasteiger partial charge in [-0.3, -0.25) is 0 Å². The first-order valence-electron chi connectivity index (χ1n) is 6.09. The van der Waals surface area contributed by atoms with Gasteiger partial charge in [0.2, 0.25) is 0 Å². The number of benzene rings is 1. The van der Waals surface area contributed by atoms with Gasteiger partial charge in [-0.1, -0.05) is 23.4 Å². The van der Waals surface area contributed by atoms with E-state index in [9.17, 15) is 0 Å². The van der Waals surface area contributed by atoms with Crippen LogP contribution in [-0.2, 0) is 0 Å². The summed E-state index contributed by atoms with van der Waals surface area (Å²) in [6.45, 7) is 0. The Morgan fingerprint density at radius 1 is 1.10 bits per heavy atom. The number of fused-ring (bicyclic) bond motifs is 1. The Hall–Kier alpha value is -2.67. The molecule has 0 saturated carbocycles. The maximum absolute atomic E-state index is 8.62. The molecule has 0 bridgehead atoms. The quantitative estimate of drug-likeness (QED) is 0.253. The number of amidine groups is 1. The summed E-state index contributed by atoms with van der Waals surface area (Å²) >= 11 is 1.44. The van der Waals surface area contributed by atoms with Crippen LogP contribution in [-0.4, -0.2) is 26.0 Å². The van der Waals surface area contributed by atoms with Crippen molar-refractivity contribution in [3.8, 4) is 0 Å². The van der Waals surface area contributed by atoms with Crippen LogP contribution in [0.1, 0.15) is 5.56 Å². The van der Waals surface area contributed by atoms with Crippen molar-refractivity contribution in [1.29, 1.82) is 0 Å². The fourth-order valence-corrected chi connectivity index (χ4v) is 2.63. The lowest BCUT2D eigenvalue weighted by Crippen LogP contribution is -2.13. The van der Waals surface area contributed by atoms with Crippen molar-refractivity contribution in [2.24, 2.45) is 10.9 Å². The highest BCUT2D eigenvalue weighted by Crippen LogP contribution is 2.29. The highest BCUT2D eigenvalue weighted by atomic mass is 32.2. The Morgan fingerprint density at radius 2 is 1.95 bits per heavy atom. The molecule has 0 fully saturated rings. The number of pyridine rings is 1. The summed E-state index contributed by atoms with van der Waals surface area (Å²) in [5, 5.41) is 14.2. The summed E-state index contributed by atoms with van der Waals surface area (Å²) in [5.74, 6) is 0.0338. The van der Waals surface area contributed by atoms with Crippen molar-refractivity contribution in [3.05, 3.63) is 54.5 Å². The predicted molar refractivity (Wildman–Crippen MR) is 80.4 cm³/mol. The molecule has 3 aromatic rings. The van der Waals surface area contributed by atoms with Gasteiger partial charge in [0.25, 0.3) is 0 Å². The van der Waals surface area contributed by atoms with Gasteiger partial charge in [-0.2, -0.15) is 0 Å². The number of rotatable bonds is 3. The Bertz CT molecular complexity index is 799. The molecule has 0 atom stereocenters. The van der Waals surface area contributed by atoms with Gasteiger partial charge in [-0.05, 0) is 30.0 Å². The Kier molecular flexibility index (Phi) is 3.65. The smallest absolute Gasteiger partial charge is 0.171 e. The lowest BCUT2D eigenvalue weighted by molar-refractivity contribution is 0.318. The largest absolute Gasteiger partial charge is 0.409 e. The maximum atomic E-state index is 8.62. The van der Waals surface area contributed by atoms with Gasteiger partial charge in [0.15, 0.2) is 5.84 Å². The number of nitrogens with zero attached hydrogens (tertiary/aromatic N) is 4. The summed E-state index contributed by atoms with van der Waals surface area (Å²) in [4.78, 5) is 12.8. The van der Waals surface area contributed by atoms with E-state index >= 15 is 0 Å². The highest BCUT2D eigenvalue weighted by molar-refractivity contribution is 7.99. The normalized spacial score (nSPS) is 11.7. The van der Waals surface area contributed by atoms with Crippen LogP contribution in [0, 0.1) is 0 Å². The number of nitrogens with two attached hydrogens (primary N) is 1. The number of para-hydroxylation sites is 1. The second kappa shape index (κ2) is 5.76. The zero-order valence-corrected chi connectivity index (χ0v) is 11.7. The maximum Gasteiger partial charge on any atom is 0.171 e. The van der Waals surface area contributed by atoms with Gasteiger partial charge in [0.1, 0.15) is 16.4 Å². The molecule has 21 heavy (non-hydrogen) atoms. The minimum absolute atomic E-state index is 0.0338. The van der Waals surface area contributed by atoms with Gasteiger partial charge < -0.3 is 10.9 Å². The van der Waals surface area contributed by atoms with E-state index in [1.807, 2.05) is 24.3 Å². The Labute approximate surface area is 124 Å². The first kappa shape index (κ1) is 13.3. The van der Waals surface area contributed by atoms with E-state index in [0.29, 0.717) is 5.56 Å². The van der Waals surface area contributed by atoms with Crippen LogP contribution in [0.5, 0.6) is 0 Å². The molecule has 0 spiro atoms. The van der Waals surface area contributed by atoms with E-state index in [-0.39, 0.29) is 5.84 Å². The second-order valence-electron chi connectivity index (χ2n) is 4.17. The van der Waals surface area contributed by atoms with Gasteiger partial charge in [-0.25, -0.2) is 15.0 Å². The second-order valence-corrected chi connectivity index (χ2v) is 5.18. The van der Waals surface area contributed by atoms with Crippen LogP contribution in [0.25, 0.3) is 10.9 Å². The molecule has 1 aromatic carbocycles. The standard InChI is InChI=1S/C14H11N5OS/c15-13(19-20)9-5-6-12(16-7-9)21-14-10-3-1-2-4-11(10)17-8-18-14/h1-8,20H,(H2,15,19). The van der Waals surface area contributed by atoms with Gasteiger partial charge in [-0.15, -0.1) is 0 Å². The van der Waals surface area contributed by atoms with Crippen LogP contribution in [0.15, 0.2) is 64.1 Å². The molecule has 0 radical (unpaired) electrons. The lowest BCUT2D eigenvalue weighted by atomic mass is 10.2. The molecule has 2 heterocycles. The molecule has 6 nitrogen and oxygen atoms in total. The first-order valence-corrected chi connectivity index (χ1v) is 6.91. The van der Waals surface area contributed by atoms with Crippen molar-refractivity contribution in [1.82, 2.24) is 15.0 Å². The van der Waals surface area contributed by atoms with Crippen LogP contribution in [0.2, 0.25) is 0 Å². The summed E-state index contributed by atoms with van der Waals surface area (Å²) < 4.78 is 0. The van der Waals surface area contributed by atoms with Crippen molar-refractivity contribution in [2.45, 2.75) is 10.1 Å². The Morgan fingerprint density at radius 3 is 2.71 bits per heavy atom. The number of aromatic nitrogens is 3. The van der Waals surface area contributed by atoms with Gasteiger partial charge in [0, 0.05) is 17.1 Å². The van der Waals surface area contributed by atoms with Crippen molar-refractivity contribution in [3.63, 3.8) is 0 Å². The molecule has 0 saturated heterocycles. The fraction of sp³-hybridized carbons (Fsp3) is 0. The van der Waals surface area contributed by atoms with Crippen LogP contribution < -0.4 is 5.73 Å². The molecule has 0 aliphatic rings. The number of oxime groups is 1. The van der Waals surface area contributed by atoms with E-state index in [2.05, 4.69) is 20.1 Å². The minimum atomic E-state index is 0.0338. The monoisotopic (exact) mass is 297 g/mol. The molecule has 0 aliphatic heterocycles. The van der Waals surface area contributed by atoms with Crippen molar-refractivity contribution < 1.29 is 5.21 Å². The molecule has 0 unspecified atom stereocenters. The van der Waals surface area contributed by atoms with Gasteiger partial charge in [0.05, 0.1) is 5.52 Å². The van der Waals surface area contributed by atoms with E-state index in [4.69, 9.17) is 10.9 Å². The van der Waals surface area contributed by atoms with Crippen molar-refractivity contribution >= 4 is 28.5 Å². The molecular weight excluding hydrogens is 286 g/mol. The lowest BCUT2D eigenvalue weighted by Gasteiger charge is -2.04. The zero-order chi connectivity index (χ0) is 14.7. The summed E-state index contributed by atoms with van der Waals surface area (Å²) in [7, 11) is 0. The molecule has 0 amide bonds.